The van der Waals surface area contributed by atoms with Crippen LogP contribution in [0.4, 0.5) is 10.1 Å². The molecule has 5 heteroatoms. The number of halogens is 2. The van der Waals surface area contributed by atoms with Gasteiger partial charge in [0.1, 0.15) is 5.82 Å². The minimum Gasteiger partial charge on any atom is -0.399 e. The second-order valence-electron chi connectivity index (χ2n) is 4.50. The minimum absolute atomic E-state index is 0.342. The van der Waals surface area contributed by atoms with Gasteiger partial charge in [0.25, 0.3) is 0 Å². The summed E-state index contributed by atoms with van der Waals surface area (Å²) in [6.07, 6.45) is 3.10. The molecule has 0 aliphatic carbocycles. The molecule has 3 aromatic rings. The molecule has 2 aromatic carbocycles. The van der Waals surface area contributed by atoms with E-state index in [0.717, 1.165) is 5.56 Å². The lowest BCUT2D eigenvalue weighted by atomic mass is 10.0. The molecule has 0 unspecified atom stereocenters. The molecule has 0 radical (unpaired) electrons. The van der Waals surface area contributed by atoms with Crippen molar-refractivity contribution in [2.75, 3.05) is 5.73 Å². The summed E-state index contributed by atoms with van der Waals surface area (Å²) in [7, 11) is 0. The maximum atomic E-state index is 14.1. The summed E-state index contributed by atoms with van der Waals surface area (Å²) >= 11 is 5.79. The first-order chi connectivity index (χ1) is 10.1. The molecule has 0 aliphatic heterocycles. The van der Waals surface area contributed by atoms with E-state index in [1.165, 1.54) is 12.3 Å². The SMILES string of the molecule is Nc1ccc(-c2nccnc2-c2ccc(Cl)cc2F)cc1. The maximum Gasteiger partial charge on any atom is 0.134 e. The Labute approximate surface area is 126 Å². The van der Waals surface area contributed by atoms with Gasteiger partial charge in [-0.15, -0.1) is 0 Å². The van der Waals surface area contributed by atoms with Crippen LogP contribution in [0.25, 0.3) is 22.5 Å². The average molecular weight is 300 g/mol. The minimum atomic E-state index is -0.431. The van der Waals surface area contributed by atoms with Crippen molar-refractivity contribution in [3.63, 3.8) is 0 Å². The van der Waals surface area contributed by atoms with E-state index in [4.69, 9.17) is 17.3 Å². The average Bonchev–Trinajstić information content (AvgIpc) is 2.48. The maximum absolute atomic E-state index is 14.1. The third kappa shape index (κ3) is 2.71. The van der Waals surface area contributed by atoms with Crippen LogP contribution in [0.3, 0.4) is 0 Å². The summed E-state index contributed by atoms with van der Waals surface area (Å²) in [4.78, 5) is 8.58. The van der Waals surface area contributed by atoms with E-state index in [-0.39, 0.29) is 0 Å². The van der Waals surface area contributed by atoms with E-state index in [0.29, 0.717) is 27.7 Å². The van der Waals surface area contributed by atoms with Crippen LogP contribution in [-0.4, -0.2) is 9.97 Å². The van der Waals surface area contributed by atoms with Gasteiger partial charge in [-0.05, 0) is 30.3 Å². The number of benzene rings is 2. The molecule has 2 N–H and O–H groups in total. The summed E-state index contributed by atoms with van der Waals surface area (Å²) in [6, 6.07) is 11.7. The highest BCUT2D eigenvalue weighted by Crippen LogP contribution is 2.31. The molecular weight excluding hydrogens is 289 g/mol. The smallest absolute Gasteiger partial charge is 0.134 e. The van der Waals surface area contributed by atoms with Gasteiger partial charge in [-0.2, -0.15) is 0 Å². The van der Waals surface area contributed by atoms with Crippen molar-refractivity contribution >= 4 is 17.3 Å². The molecule has 3 nitrogen and oxygen atoms in total. The molecule has 0 bridgehead atoms. The quantitative estimate of drug-likeness (QED) is 0.722. The lowest BCUT2D eigenvalue weighted by Gasteiger charge is -2.09. The lowest BCUT2D eigenvalue weighted by Crippen LogP contribution is -1.95. The lowest BCUT2D eigenvalue weighted by molar-refractivity contribution is 0.631. The van der Waals surface area contributed by atoms with Crippen LogP contribution < -0.4 is 5.73 Å². The Bertz CT molecular complexity index is 788. The Kier molecular flexibility index (Phi) is 3.54. The molecule has 1 heterocycles. The van der Waals surface area contributed by atoms with Gasteiger partial charge in [-0.25, -0.2) is 4.39 Å². The topological polar surface area (TPSA) is 51.8 Å². The third-order valence-electron chi connectivity index (χ3n) is 3.07. The van der Waals surface area contributed by atoms with Crippen LogP contribution in [0, 0.1) is 5.82 Å². The fraction of sp³-hybridized carbons (Fsp3) is 0. The second-order valence-corrected chi connectivity index (χ2v) is 4.94. The number of hydrogen-bond donors (Lipinski definition) is 1. The van der Waals surface area contributed by atoms with Crippen molar-refractivity contribution in [3.8, 4) is 22.5 Å². The van der Waals surface area contributed by atoms with Crippen molar-refractivity contribution in [2.24, 2.45) is 0 Å². The monoisotopic (exact) mass is 299 g/mol. The molecule has 0 amide bonds. The van der Waals surface area contributed by atoms with E-state index < -0.39 is 5.82 Å². The molecule has 21 heavy (non-hydrogen) atoms. The predicted octanol–water partition coefficient (Wildman–Crippen LogP) is 4.19. The fourth-order valence-electron chi connectivity index (χ4n) is 2.07. The van der Waals surface area contributed by atoms with Gasteiger partial charge in [-0.1, -0.05) is 23.7 Å². The van der Waals surface area contributed by atoms with Crippen LogP contribution in [0.1, 0.15) is 0 Å². The standard InChI is InChI=1S/C16H11ClFN3/c17-11-3-6-13(14(18)9-11)16-15(20-7-8-21-16)10-1-4-12(19)5-2-10/h1-9H,19H2. The van der Waals surface area contributed by atoms with E-state index in [2.05, 4.69) is 9.97 Å². The van der Waals surface area contributed by atoms with Gasteiger partial charge in [0.15, 0.2) is 0 Å². The highest BCUT2D eigenvalue weighted by atomic mass is 35.5. The van der Waals surface area contributed by atoms with E-state index in [1.807, 2.05) is 12.1 Å². The summed E-state index contributed by atoms with van der Waals surface area (Å²) in [5.74, 6) is -0.431. The van der Waals surface area contributed by atoms with Crippen LogP contribution >= 0.6 is 11.6 Å². The fourth-order valence-corrected chi connectivity index (χ4v) is 2.23. The van der Waals surface area contributed by atoms with Crippen LogP contribution in [0.15, 0.2) is 54.9 Å². The number of anilines is 1. The number of hydrogen-bond acceptors (Lipinski definition) is 3. The molecule has 0 aliphatic rings. The first-order valence-electron chi connectivity index (χ1n) is 6.27. The predicted molar refractivity (Wildman–Crippen MR) is 82.3 cm³/mol. The Hall–Kier alpha value is -2.46. The summed E-state index contributed by atoms with van der Waals surface area (Å²) in [5.41, 5.74) is 8.58. The van der Waals surface area contributed by atoms with Crippen LogP contribution in [0.5, 0.6) is 0 Å². The van der Waals surface area contributed by atoms with Gasteiger partial charge in [0.05, 0.1) is 11.4 Å². The van der Waals surface area contributed by atoms with Crippen molar-refractivity contribution in [1.29, 1.82) is 0 Å². The molecule has 0 saturated carbocycles. The van der Waals surface area contributed by atoms with E-state index in [1.54, 1.807) is 30.5 Å². The van der Waals surface area contributed by atoms with Gasteiger partial charge in [0.2, 0.25) is 0 Å². The number of nitrogens with two attached hydrogens (primary N) is 1. The zero-order valence-corrected chi connectivity index (χ0v) is 11.7. The van der Waals surface area contributed by atoms with E-state index in [9.17, 15) is 4.39 Å². The largest absolute Gasteiger partial charge is 0.399 e. The van der Waals surface area contributed by atoms with E-state index >= 15 is 0 Å². The van der Waals surface area contributed by atoms with Crippen molar-refractivity contribution < 1.29 is 4.39 Å². The summed E-state index contributed by atoms with van der Waals surface area (Å²) in [5, 5.41) is 0.342. The second kappa shape index (κ2) is 5.50. The third-order valence-corrected chi connectivity index (χ3v) is 3.30. The molecule has 0 saturated heterocycles. The van der Waals surface area contributed by atoms with Crippen LogP contribution in [-0.2, 0) is 0 Å². The Morgan fingerprint density at radius 2 is 1.57 bits per heavy atom. The van der Waals surface area contributed by atoms with Gasteiger partial charge in [0, 0.05) is 34.2 Å². The first-order valence-corrected chi connectivity index (χ1v) is 6.65. The van der Waals surface area contributed by atoms with Gasteiger partial charge < -0.3 is 5.73 Å². The number of nitrogens with zero attached hydrogens (tertiary/aromatic N) is 2. The molecule has 1 aromatic heterocycles. The summed E-state index contributed by atoms with van der Waals surface area (Å²) < 4.78 is 14.1. The molecule has 0 atom stereocenters. The van der Waals surface area contributed by atoms with Crippen LogP contribution in [0.2, 0.25) is 5.02 Å². The molecule has 0 spiro atoms. The molecule has 104 valence electrons. The Morgan fingerprint density at radius 3 is 2.24 bits per heavy atom. The Morgan fingerprint density at radius 1 is 0.905 bits per heavy atom. The summed E-state index contributed by atoms with van der Waals surface area (Å²) in [6.45, 7) is 0. The zero-order chi connectivity index (χ0) is 14.8. The van der Waals surface area contributed by atoms with Crippen molar-refractivity contribution in [3.05, 3.63) is 65.7 Å². The Balaban J connectivity index is 2.18. The molecular formula is C16H11ClFN3. The number of aromatic nitrogens is 2. The highest BCUT2D eigenvalue weighted by molar-refractivity contribution is 6.30. The normalized spacial score (nSPS) is 10.6. The van der Waals surface area contributed by atoms with Crippen molar-refractivity contribution in [2.45, 2.75) is 0 Å². The highest BCUT2D eigenvalue weighted by Gasteiger charge is 2.14. The number of nitrogen functional groups attached to an aromatic ring is 1. The first kappa shape index (κ1) is 13.5. The molecule has 0 fully saturated rings. The van der Waals surface area contributed by atoms with Crippen molar-refractivity contribution in [1.82, 2.24) is 9.97 Å². The van der Waals surface area contributed by atoms with Gasteiger partial charge in [-0.3, -0.25) is 9.97 Å². The molecule has 3 rings (SSSR count). The zero-order valence-electron chi connectivity index (χ0n) is 10.9. The number of rotatable bonds is 2. The van der Waals surface area contributed by atoms with Gasteiger partial charge >= 0.3 is 0 Å².